The maximum Gasteiger partial charge on any atom is 0.308 e. The summed E-state index contributed by atoms with van der Waals surface area (Å²) in [5.41, 5.74) is 0. The molecule has 0 fully saturated rings. The van der Waals surface area contributed by atoms with Crippen molar-refractivity contribution in [2.45, 2.75) is 13.8 Å². The first-order valence-corrected chi connectivity index (χ1v) is 3.34. The van der Waals surface area contributed by atoms with Crippen molar-refractivity contribution in [2.24, 2.45) is 0 Å². The molecular formula is C9H12O2. The Balaban J connectivity index is 4.22. The summed E-state index contributed by atoms with van der Waals surface area (Å²) < 4.78 is 4.80. The number of ether oxygens (including phenoxy) is 1. The molecule has 0 bridgehead atoms. The lowest BCUT2D eigenvalue weighted by Crippen LogP contribution is -1.96. The monoisotopic (exact) mass is 152 g/mol. The molecule has 0 aromatic rings. The summed E-state index contributed by atoms with van der Waals surface area (Å²) in [6.07, 6.45) is 6.68. The van der Waals surface area contributed by atoms with Gasteiger partial charge < -0.3 is 4.74 Å². The zero-order chi connectivity index (χ0) is 8.69. The van der Waals surface area contributed by atoms with Crippen molar-refractivity contribution in [1.29, 1.82) is 0 Å². The smallest absolute Gasteiger partial charge is 0.308 e. The Morgan fingerprint density at radius 2 is 2.18 bits per heavy atom. The van der Waals surface area contributed by atoms with Gasteiger partial charge in [-0.3, -0.25) is 4.79 Å². The Kier molecular flexibility index (Phi) is 4.82. The van der Waals surface area contributed by atoms with Crippen molar-refractivity contribution < 1.29 is 9.53 Å². The van der Waals surface area contributed by atoms with Gasteiger partial charge in [0.1, 0.15) is 5.76 Å². The SMILES string of the molecule is C=C/C=C(\C=C/C)OC(C)=O. The third-order valence-electron chi connectivity index (χ3n) is 0.875. The molecule has 11 heavy (non-hydrogen) atoms. The zero-order valence-corrected chi connectivity index (χ0v) is 6.83. The average Bonchev–Trinajstić information content (AvgIpc) is 1.87. The number of hydrogen-bond acceptors (Lipinski definition) is 2. The lowest BCUT2D eigenvalue weighted by Gasteiger charge is -1.98. The lowest BCUT2D eigenvalue weighted by molar-refractivity contribution is -0.136. The fraction of sp³-hybridized carbons (Fsp3) is 0.222. The second-order valence-electron chi connectivity index (χ2n) is 1.90. The third-order valence-corrected chi connectivity index (χ3v) is 0.875. The van der Waals surface area contributed by atoms with E-state index in [9.17, 15) is 4.79 Å². The molecular weight excluding hydrogens is 140 g/mol. The first kappa shape index (κ1) is 9.69. The van der Waals surface area contributed by atoms with Gasteiger partial charge in [0.05, 0.1) is 0 Å². The topological polar surface area (TPSA) is 26.3 Å². The standard InChI is InChI=1S/C9H12O2/c1-4-6-9(7-5-2)11-8(3)10/h4-7H,1H2,2-3H3/b7-5-,9-6+. The molecule has 0 aliphatic rings. The Bertz CT molecular complexity index is 200. The van der Waals surface area contributed by atoms with E-state index < -0.39 is 0 Å². The van der Waals surface area contributed by atoms with E-state index in [0.717, 1.165) is 0 Å². The highest BCUT2D eigenvalue weighted by Crippen LogP contribution is 1.99. The van der Waals surface area contributed by atoms with Crippen molar-refractivity contribution in [3.8, 4) is 0 Å². The summed E-state index contributed by atoms with van der Waals surface area (Å²) in [5, 5.41) is 0. The molecule has 0 N–H and O–H groups in total. The molecule has 0 heterocycles. The summed E-state index contributed by atoms with van der Waals surface area (Å²) in [7, 11) is 0. The summed E-state index contributed by atoms with van der Waals surface area (Å²) in [5.74, 6) is 0.186. The molecule has 0 radical (unpaired) electrons. The van der Waals surface area contributed by atoms with Gasteiger partial charge >= 0.3 is 5.97 Å². The molecule has 0 amide bonds. The van der Waals surface area contributed by atoms with E-state index in [2.05, 4.69) is 6.58 Å². The molecule has 0 atom stereocenters. The van der Waals surface area contributed by atoms with Crippen LogP contribution in [0.1, 0.15) is 13.8 Å². The van der Waals surface area contributed by atoms with Crippen LogP contribution in [0, 0.1) is 0 Å². The molecule has 0 aromatic carbocycles. The summed E-state index contributed by atoms with van der Waals surface area (Å²) >= 11 is 0. The van der Waals surface area contributed by atoms with Crippen LogP contribution < -0.4 is 0 Å². The predicted molar refractivity (Wildman–Crippen MR) is 44.9 cm³/mol. The van der Waals surface area contributed by atoms with Crippen LogP contribution in [0.5, 0.6) is 0 Å². The van der Waals surface area contributed by atoms with Gasteiger partial charge in [-0.2, -0.15) is 0 Å². The molecule has 0 aliphatic carbocycles. The van der Waals surface area contributed by atoms with Gasteiger partial charge in [0.2, 0.25) is 0 Å². The second-order valence-corrected chi connectivity index (χ2v) is 1.90. The number of allylic oxidation sites excluding steroid dienone is 4. The molecule has 0 aliphatic heterocycles. The van der Waals surface area contributed by atoms with Gasteiger partial charge in [-0.05, 0) is 19.1 Å². The number of rotatable bonds is 3. The van der Waals surface area contributed by atoms with E-state index in [0.29, 0.717) is 5.76 Å². The Morgan fingerprint density at radius 3 is 2.55 bits per heavy atom. The van der Waals surface area contributed by atoms with Crippen LogP contribution in [0.2, 0.25) is 0 Å². The first-order chi connectivity index (χ1) is 5.20. The minimum absolute atomic E-state index is 0.323. The van der Waals surface area contributed by atoms with E-state index in [1.165, 1.54) is 6.92 Å². The highest BCUT2D eigenvalue weighted by atomic mass is 16.5. The van der Waals surface area contributed by atoms with Crippen LogP contribution in [0.3, 0.4) is 0 Å². The van der Waals surface area contributed by atoms with E-state index in [4.69, 9.17) is 4.74 Å². The van der Waals surface area contributed by atoms with Gasteiger partial charge in [-0.1, -0.05) is 18.7 Å². The van der Waals surface area contributed by atoms with Crippen LogP contribution in [0.4, 0.5) is 0 Å². The summed E-state index contributed by atoms with van der Waals surface area (Å²) in [4.78, 5) is 10.5. The van der Waals surface area contributed by atoms with Gasteiger partial charge in [0, 0.05) is 6.92 Å². The minimum atomic E-state index is -0.323. The van der Waals surface area contributed by atoms with Crippen LogP contribution in [0.15, 0.2) is 36.6 Å². The largest absolute Gasteiger partial charge is 0.427 e. The predicted octanol–water partition coefficient (Wildman–Crippen LogP) is 2.20. The highest BCUT2D eigenvalue weighted by molar-refractivity contribution is 5.67. The normalized spacial score (nSPS) is 11.6. The van der Waals surface area contributed by atoms with Gasteiger partial charge in [0.25, 0.3) is 0 Å². The number of hydrogen-bond donors (Lipinski definition) is 0. The van der Waals surface area contributed by atoms with Crippen molar-refractivity contribution in [2.75, 3.05) is 0 Å². The molecule has 0 rings (SSSR count). The third kappa shape index (κ3) is 5.15. The fourth-order valence-electron chi connectivity index (χ4n) is 0.570. The molecule has 0 spiro atoms. The zero-order valence-electron chi connectivity index (χ0n) is 6.83. The molecule has 0 unspecified atom stereocenters. The molecule has 0 saturated heterocycles. The summed E-state index contributed by atoms with van der Waals surface area (Å²) in [6.45, 7) is 6.70. The van der Waals surface area contributed by atoms with Gasteiger partial charge in [-0.15, -0.1) is 0 Å². The van der Waals surface area contributed by atoms with E-state index >= 15 is 0 Å². The lowest BCUT2D eigenvalue weighted by atomic mass is 10.4. The van der Waals surface area contributed by atoms with E-state index in [1.54, 1.807) is 24.3 Å². The first-order valence-electron chi connectivity index (χ1n) is 3.34. The van der Waals surface area contributed by atoms with Crippen molar-refractivity contribution in [1.82, 2.24) is 0 Å². The number of esters is 1. The van der Waals surface area contributed by atoms with Gasteiger partial charge in [0.15, 0.2) is 0 Å². The Labute approximate surface area is 66.9 Å². The highest BCUT2D eigenvalue weighted by Gasteiger charge is 1.94. The minimum Gasteiger partial charge on any atom is -0.427 e. The van der Waals surface area contributed by atoms with Gasteiger partial charge in [-0.25, -0.2) is 0 Å². The molecule has 0 saturated carbocycles. The maximum atomic E-state index is 10.5. The molecule has 2 nitrogen and oxygen atoms in total. The second kappa shape index (κ2) is 5.47. The van der Waals surface area contributed by atoms with Crippen molar-refractivity contribution in [3.05, 3.63) is 36.6 Å². The molecule has 2 heteroatoms. The van der Waals surface area contributed by atoms with Crippen molar-refractivity contribution >= 4 is 5.97 Å². The van der Waals surface area contributed by atoms with Crippen LogP contribution >= 0.6 is 0 Å². The maximum absolute atomic E-state index is 10.5. The Morgan fingerprint density at radius 1 is 1.55 bits per heavy atom. The van der Waals surface area contributed by atoms with Crippen molar-refractivity contribution in [3.63, 3.8) is 0 Å². The number of carbonyl (C=O) groups excluding carboxylic acids is 1. The Hall–Kier alpha value is -1.31. The van der Waals surface area contributed by atoms with Crippen LogP contribution in [-0.2, 0) is 9.53 Å². The molecule has 60 valence electrons. The van der Waals surface area contributed by atoms with E-state index in [1.807, 2.05) is 6.92 Å². The fourth-order valence-corrected chi connectivity index (χ4v) is 0.570. The molecule has 0 aromatic heterocycles. The van der Waals surface area contributed by atoms with Crippen LogP contribution in [0.25, 0.3) is 0 Å². The number of carbonyl (C=O) groups is 1. The average molecular weight is 152 g/mol. The quantitative estimate of drug-likeness (QED) is 0.352. The van der Waals surface area contributed by atoms with Crippen LogP contribution in [-0.4, -0.2) is 5.97 Å². The van der Waals surface area contributed by atoms with E-state index in [-0.39, 0.29) is 5.97 Å². The summed E-state index contributed by atoms with van der Waals surface area (Å²) in [6, 6.07) is 0.